The molecule has 1 atom stereocenters. The first-order chi connectivity index (χ1) is 6.56. The summed E-state index contributed by atoms with van der Waals surface area (Å²) in [4.78, 5) is 0. The maximum atomic E-state index is 11.9. The van der Waals surface area contributed by atoms with Gasteiger partial charge in [0.25, 0.3) is 0 Å². The molecular weight excluding hydrogens is 243 g/mol. The maximum Gasteiger partial charge on any atom is 0.214 e. The molecule has 1 heterocycles. The van der Waals surface area contributed by atoms with Gasteiger partial charge in [0.2, 0.25) is 10.0 Å². The van der Waals surface area contributed by atoms with Crippen molar-refractivity contribution in [1.29, 1.82) is 0 Å². The number of piperidine rings is 1. The third-order valence-corrected chi connectivity index (χ3v) is 4.27. The normalized spacial score (nSPS) is 23.5. The monoisotopic (exact) mass is 260 g/mol. The minimum atomic E-state index is -3.27. The second-order valence-electron chi connectivity index (χ2n) is 3.62. The average Bonchev–Trinajstić information content (AvgIpc) is 2.15. The second kappa shape index (κ2) is 6.62. The molecule has 92 valence electrons. The summed E-state index contributed by atoms with van der Waals surface area (Å²) in [5.74, 6) is -0.101. The Hall–Kier alpha value is 0.0900. The molecule has 0 aliphatic carbocycles. The van der Waals surface area contributed by atoms with Gasteiger partial charge in [0.15, 0.2) is 0 Å². The van der Waals surface area contributed by atoms with Crippen LogP contribution in [0.15, 0.2) is 0 Å². The van der Waals surface area contributed by atoms with Crippen LogP contribution in [0.2, 0.25) is 0 Å². The number of hydrogen-bond acceptors (Lipinski definition) is 3. The summed E-state index contributed by atoms with van der Waals surface area (Å²) < 4.78 is 36.4. The summed E-state index contributed by atoms with van der Waals surface area (Å²) in [7, 11) is -3.27. The Labute approximate surface area is 96.5 Å². The van der Waals surface area contributed by atoms with E-state index in [1.807, 2.05) is 0 Å². The zero-order chi connectivity index (χ0) is 10.6. The van der Waals surface area contributed by atoms with E-state index in [9.17, 15) is 12.8 Å². The summed E-state index contributed by atoms with van der Waals surface area (Å²) in [5.41, 5.74) is 5.67. The van der Waals surface area contributed by atoms with Gasteiger partial charge in [-0.05, 0) is 19.3 Å². The average molecular weight is 261 g/mol. The van der Waals surface area contributed by atoms with Gasteiger partial charge >= 0.3 is 0 Å². The van der Waals surface area contributed by atoms with Crippen molar-refractivity contribution in [2.75, 3.05) is 25.5 Å². The van der Waals surface area contributed by atoms with E-state index in [0.717, 1.165) is 12.8 Å². The fraction of sp³-hybridized carbons (Fsp3) is 1.00. The van der Waals surface area contributed by atoms with Gasteiger partial charge in [-0.1, -0.05) is 0 Å². The van der Waals surface area contributed by atoms with E-state index in [2.05, 4.69) is 0 Å². The van der Waals surface area contributed by atoms with Gasteiger partial charge in [0, 0.05) is 19.1 Å². The van der Waals surface area contributed by atoms with Crippen molar-refractivity contribution in [3.8, 4) is 0 Å². The van der Waals surface area contributed by atoms with Gasteiger partial charge in [-0.2, -0.15) is 0 Å². The number of halogens is 2. The molecule has 1 rings (SSSR count). The van der Waals surface area contributed by atoms with Crippen LogP contribution in [0, 0.1) is 0 Å². The third-order valence-electron chi connectivity index (χ3n) is 2.35. The number of nitrogens with two attached hydrogens (primary N) is 1. The number of rotatable bonds is 4. The molecule has 1 unspecified atom stereocenters. The van der Waals surface area contributed by atoms with Crippen LogP contribution in [0.25, 0.3) is 0 Å². The molecule has 0 aromatic rings. The highest BCUT2D eigenvalue weighted by molar-refractivity contribution is 7.89. The van der Waals surface area contributed by atoms with Crippen molar-refractivity contribution >= 4 is 22.4 Å². The quantitative estimate of drug-likeness (QED) is 0.802. The maximum absolute atomic E-state index is 11.9. The van der Waals surface area contributed by atoms with Crippen LogP contribution in [0.3, 0.4) is 0 Å². The highest BCUT2D eigenvalue weighted by Crippen LogP contribution is 2.13. The first kappa shape index (κ1) is 15.1. The van der Waals surface area contributed by atoms with E-state index in [4.69, 9.17) is 5.73 Å². The zero-order valence-corrected chi connectivity index (χ0v) is 10.2. The highest BCUT2D eigenvalue weighted by atomic mass is 35.5. The fourth-order valence-electron chi connectivity index (χ4n) is 1.59. The molecule has 1 aliphatic rings. The van der Waals surface area contributed by atoms with E-state index in [1.54, 1.807) is 0 Å². The Bertz CT molecular complexity index is 274. The zero-order valence-electron chi connectivity index (χ0n) is 8.56. The Morgan fingerprint density at radius 3 is 2.67 bits per heavy atom. The Kier molecular flexibility index (Phi) is 6.66. The van der Waals surface area contributed by atoms with E-state index in [0.29, 0.717) is 13.1 Å². The fourth-order valence-corrected chi connectivity index (χ4v) is 3.15. The predicted molar refractivity (Wildman–Crippen MR) is 60.4 cm³/mol. The van der Waals surface area contributed by atoms with Crippen molar-refractivity contribution in [2.24, 2.45) is 5.73 Å². The van der Waals surface area contributed by atoms with E-state index >= 15 is 0 Å². The van der Waals surface area contributed by atoms with Gasteiger partial charge in [0.1, 0.15) is 0 Å². The van der Waals surface area contributed by atoms with Crippen molar-refractivity contribution in [1.82, 2.24) is 4.31 Å². The first-order valence-electron chi connectivity index (χ1n) is 4.85. The lowest BCUT2D eigenvalue weighted by molar-refractivity contribution is 0.315. The molecule has 15 heavy (non-hydrogen) atoms. The van der Waals surface area contributed by atoms with Crippen molar-refractivity contribution in [3.05, 3.63) is 0 Å². The molecular formula is C8H18ClFN2O2S. The van der Waals surface area contributed by atoms with E-state index in [-0.39, 0.29) is 30.6 Å². The molecule has 0 bridgehead atoms. The van der Waals surface area contributed by atoms with Crippen LogP contribution >= 0.6 is 12.4 Å². The van der Waals surface area contributed by atoms with Gasteiger partial charge in [-0.25, -0.2) is 12.7 Å². The standard InChI is InChI=1S/C8H17FN2O2S.ClH/c9-4-2-6-14(12,13)11-5-1-3-8(10)7-11;/h8H,1-7,10H2;1H. The molecule has 0 spiro atoms. The summed E-state index contributed by atoms with van der Waals surface area (Å²) in [5, 5.41) is 0. The molecule has 4 nitrogen and oxygen atoms in total. The number of alkyl halides is 1. The topological polar surface area (TPSA) is 63.4 Å². The Morgan fingerprint density at radius 1 is 1.47 bits per heavy atom. The van der Waals surface area contributed by atoms with Crippen LogP contribution in [0.1, 0.15) is 19.3 Å². The summed E-state index contributed by atoms with van der Waals surface area (Å²) >= 11 is 0. The van der Waals surface area contributed by atoms with Gasteiger partial charge in [-0.3, -0.25) is 4.39 Å². The van der Waals surface area contributed by atoms with Crippen LogP contribution in [-0.4, -0.2) is 44.3 Å². The van der Waals surface area contributed by atoms with Gasteiger partial charge < -0.3 is 5.73 Å². The molecule has 1 aliphatic heterocycles. The summed E-state index contributed by atoms with van der Waals surface area (Å²) in [6, 6.07) is -0.0658. The number of sulfonamides is 1. The Morgan fingerprint density at radius 2 is 2.13 bits per heavy atom. The second-order valence-corrected chi connectivity index (χ2v) is 5.71. The lowest BCUT2D eigenvalue weighted by atomic mass is 10.1. The number of nitrogens with zero attached hydrogens (tertiary/aromatic N) is 1. The Balaban J connectivity index is 0.00000196. The van der Waals surface area contributed by atoms with Crippen molar-refractivity contribution < 1.29 is 12.8 Å². The molecule has 2 N–H and O–H groups in total. The van der Waals surface area contributed by atoms with Crippen molar-refractivity contribution in [2.45, 2.75) is 25.3 Å². The molecule has 1 saturated heterocycles. The molecule has 0 aromatic heterocycles. The minimum Gasteiger partial charge on any atom is -0.327 e. The van der Waals surface area contributed by atoms with Crippen LogP contribution in [-0.2, 0) is 10.0 Å². The van der Waals surface area contributed by atoms with Crippen LogP contribution in [0.5, 0.6) is 0 Å². The SMILES string of the molecule is Cl.NC1CCCN(S(=O)(=O)CCCF)C1. The van der Waals surface area contributed by atoms with Gasteiger partial charge in [0.05, 0.1) is 12.4 Å². The minimum absolute atomic E-state index is 0. The van der Waals surface area contributed by atoms with Crippen LogP contribution < -0.4 is 5.73 Å². The molecule has 7 heteroatoms. The summed E-state index contributed by atoms with van der Waals surface area (Å²) in [6.45, 7) is 0.329. The highest BCUT2D eigenvalue weighted by Gasteiger charge is 2.26. The lowest BCUT2D eigenvalue weighted by Gasteiger charge is -2.29. The van der Waals surface area contributed by atoms with E-state index in [1.165, 1.54) is 4.31 Å². The molecule has 1 fully saturated rings. The predicted octanol–water partition coefficient (Wildman–Crippen LogP) is 0.521. The van der Waals surface area contributed by atoms with Crippen LogP contribution in [0.4, 0.5) is 4.39 Å². The molecule has 0 amide bonds. The molecule has 0 aromatic carbocycles. The van der Waals surface area contributed by atoms with Crippen molar-refractivity contribution in [3.63, 3.8) is 0 Å². The smallest absolute Gasteiger partial charge is 0.214 e. The number of hydrogen-bond donors (Lipinski definition) is 1. The lowest BCUT2D eigenvalue weighted by Crippen LogP contribution is -2.46. The largest absolute Gasteiger partial charge is 0.327 e. The third kappa shape index (κ3) is 4.63. The first-order valence-corrected chi connectivity index (χ1v) is 6.46. The summed E-state index contributed by atoms with van der Waals surface area (Å²) in [6.07, 6.45) is 1.75. The van der Waals surface area contributed by atoms with E-state index < -0.39 is 16.7 Å². The molecule has 0 radical (unpaired) electrons. The van der Waals surface area contributed by atoms with Gasteiger partial charge in [-0.15, -0.1) is 12.4 Å². The molecule has 0 saturated carbocycles.